The van der Waals surface area contributed by atoms with Crippen molar-refractivity contribution in [2.45, 2.75) is 51.6 Å². The SMILES string of the molecule is CC1(C)Cc2ccccc2CN1C(=O)C1CCC1. The van der Waals surface area contributed by atoms with Crippen molar-refractivity contribution in [2.24, 2.45) is 5.92 Å². The van der Waals surface area contributed by atoms with Crippen molar-refractivity contribution in [3.05, 3.63) is 35.4 Å². The lowest BCUT2D eigenvalue weighted by Gasteiger charge is -2.46. The van der Waals surface area contributed by atoms with Crippen molar-refractivity contribution in [3.8, 4) is 0 Å². The van der Waals surface area contributed by atoms with Crippen molar-refractivity contribution in [3.63, 3.8) is 0 Å². The number of carbonyl (C=O) groups excluding carboxylic acids is 1. The van der Waals surface area contributed by atoms with Gasteiger partial charge >= 0.3 is 0 Å². The second-order valence-corrected chi connectivity index (χ2v) is 6.31. The van der Waals surface area contributed by atoms with E-state index in [4.69, 9.17) is 0 Å². The fourth-order valence-corrected chi connectivity index (χ4v) is 3.08. The number of fused-ring (bicyclic) bond motifs is 1. The van der Waals surface area contributed by atoms with E-state index in [1.165, 1.54) is 17.5 Å². The van der Waals surface area contributed by atoms with Crippen LogP contribution in [0.3, 0.4) is 0 Å². The number of hydrogen-bond acceptors (Lipinski definition) is 1. The van der Waals surface area contributed by atoms with E-state index in [2.05, 4.69) is 43.0 Å². The molecule has 1 amide bonds. The Hall–Kier alpha value is -1.31. The predicted octanol–water partition coefficient (Wildman–Crippen LogP) is 3.15. The van der Waals surface area contributed by atoms with E-state index in [1.807, 2.05) is 0 Å². The predicted molar refractivity (Wildman–Crippen MR) is 72.1 cm³/mol. The van der Waals surface area contributed by atoms with Gasteiger partial charge in [-0.1, -0.05) is 30.7 Å². The summed E-state index contributed by atoms with van der Waals surface area (Å²) >= 11 is 0. The average Bonchev–Trinajstić information content (AvgIpc) is 2.24. The van der Waals surface area contributed by atoms with Gasteiger partial charge in [-0.25, -0.2) is 0 Å². The molecule has 1 fully saturated rings. The van der Waals surface area contributed by atoms with Crippen LogP contribution in [-0.4, -0.2) is 16.3 Å². The van der Waals surface area contributed by atoms with Crippen LogP contribution in [0.15, 0.2) is 24.3 Å². The molecule has 2 nitrogen and oxygen atoms in total. The first kappa shape index (κ1) is 11.8. The smallest absolute Gasteiger partial charge is 0.226 e. The summed E-state index contributed by atoms with van der Waals surface area (Å²) in [5, 5.41) is 0. The summed E-state index contributed by atoms with van der Waals surface area (Å²) in [5.74, 6) is 0.676. The van der Waals surface area contributed by atoms with Crippen molar-refractivity contribution < 1.29 is 4.79 Å². The minimum atomic E-state index is -0.0406. The minimum Gasteiger partial charge on any atom is -0.333 e. The highest BCUT2D eigenvalue weighted by Crippen LogP contribution is 2.36. The number of carbonyl (C=O) groups is 1. The Morgan fingerprint density at radius 2 is 1.89 bits per heavy atom. The monoisotopic (exact) mass is 243 g/mol. The summed E-state index contributed by atoms with van der Waals surface area (Å²) in [7, 11) is 0. The summed E-state index contributed by atoms with van der Waals surface area (Å²) in [6.07, 6.45) is 4.38. The molecule has 3 rings (SSSR count). The van der Waals surface area contributed by atoms with Crippen molar-refractivity contribution in [2.75, 3.05) is 0 Å². The topological polar surface area (TPSA) is 20.3 Å². The third-order valence-corrected chi connectivity index (χ3v) is 4.52. The van der Waals surface area contributed by atoms with Crippen LogP contribution >= 0.6 is 0 Å². The van der Waals surface area contributed by atoms with Gasteiger partial charge in [-0.2, -0.15) is 0 Å². The number of hydrogen-bond donors (Lipinski definition) is 0. The summed E-state index contributed by atoms with van der Waals surface area (Å²) < 4.78 is 0. The molecule has 0 N–H and O–H groups in total. The van der Waals surface area contributed by atoms with Gasteiger partial charge in [-0.3, -0.25) is 4.79 Å². The lowest BCUT2D eigenvalue weighted by Crippen LogP contribution is -2.54. The molecule has 0 unspecified atom stereocenters. The summed E-state index contributed by atoms with van der Waals surface area (Å²) in [6.45, 7) is 5.18. The lowest BCUT2D eigenvalue weighted by atomic mass is 9.80. The summed E-state index contributed by atoms with van der Waals surface area (Å²) in [6, 6.07) is 8.52. The molecular formula is C16H21NO. The maximum absolute atomic E-state index is 12.5. The van der Waals surface area contributed by atoms with Gasteiger partial charge in [-0.15, -0.1) is 0 Å². The molecule has 2 heteroatoms. The zero-order valence-electron chi connectivity index (χ0n) is 11.3. The zero-order valence-corrected chi connectivity index (χ0v) is 11.3. The molecule has 96 valence electrons. The fraction of sp³-hybridized carbons (Fsp3) is 0.562. The van der Waals surface area contributed by atoms with Crippen LogP contribution in [0, 0.1) is 5.92 Å². The van der Waals surface area contributed by atoms with Gasteiger partial charge in [0.15, 0.2) is 0 Å². The van der Waals surface area contributed by atoms with Crippen LogP contribution < -0.4 is 0 Å². The van der Waals surface area contributed by atoms with Crippen molar-refractivity contribution in [1.29, 1.82) is 0 Å². The second-order valence-electron chi connectivity index (χ2n) is 6.31. The molecule has 0 spiro atoms. The van der Waals surface area contributed by atoms with Gasteiger partial charge in [0.25, 0.3) is 0 Å². The van der Waals surface area contributed by atoms with Crippen molar-refractivity contribution >= 4 is 5.91 Å². The highest BCUT2D eigenvalue weighted by Gasteiger charge is 2.39. The standard InChI is InChI=1S/C16H21NO/c1-16(2)10-13-6-3-4-7-14(13)11-17(16)15(18)12-8-5-9-12/h3-4,6-7,12H,5,8-11H2,1-2H3. The van der Waals surface area contributed by atoms with Gasteiger partial charge in [0.2, 0.25) is 5.91 Å². The normalized spacial score (nSPS) is 22.2. The maximum atomic E-state index is 12.5. The van der Waals surface area contributed by atoms with Gasteiger partial charge in [0.05, 0.1) is 0 Å². The average molecular weight is 243 g/mol. The molecule has 1 saturated carbocycles. The highest BCUT2D eigenvalue weighted by atomic mass is 16.2. The molecule has 0 saturated heterocycles. The van der Waals surface area contributed by atoms with E-state index in [1.54, 1.807) is 0 Å². The molecule has 1 aromatic carbocycles. The Balaban J connectivity index is 1.89. The van der Waals surface area contributed by atoms with Gasteiger partial charge in [-0.05, 0) is 44.2 Å². The van der Waals surface area contributed by atoms with E-state index in [-0.39, 0.29) is 5.54 Å². The quantitative estimate of drug-likeness (QED) is 0.742. The van der Waals surface area contributed by atoms with Gasteiger partial charge in [0.1, 0.15) is 0 Å². The van der Waals surface area contributed by atoms with Crippen molar-refractivity contribution in [1.82, 2.24) is 4.90 Å². The van der Waals surface area contributed by atoms with E-state index in [0.717, 1.165) is 25.8 Å². The Kier molecular flexibility index (Phi) is 2.69. The van der Waals surface area contributed by atoms with Gasteiger partial charge < -0.3 is 4.90 Å². The minimum absolute atomic E-state index is 0.0406. The molecule has 2 aliphatic rings. The maximum Gasteiger partial charge on any atom is 0.226 e. The highest BCUT2D eigenvalue weighted by molar-refractivity contribution is 5.80. The fourth-order valence-electron chi connectivity index (χ4n) is 3.08. The van der Waals surface area contributed by atoms with Crippen LogP contribution in [0.1, 0.15) is 44.2 Å². The molecule has 0 radical (unpaired) electrons. The molecule has 0 bridgehead atoms. The number of rotatable bonds is 1. The van der Waals surface area contributed by atoms with Gasteiger partial charge in [0, 0.05) is 18.0 Å². The molecule has 0 atom stereocenters. The van der Waals surface area contributed by atoms with Crippen LogP contribution in [0.4, 0.5) is 0 Å². The Labute approximate surface area is 109 Å². The first-order chi connectivity index (χ1) is 8.58. The zero-order chi connectivity index (χ0) is 12.8. The van der Waals surface area contributed by atoms with E-state index in [9.17, 15) is 4.79 Å². The second kappa shape index (κ2) is 4.11. The third-order valence-electron chi connectivity index (χ3n) is 4.52. The Morgan fingerprint density at radius 3 is 2.50 bits per heavy atom. The summed E-state index contributed by atoms with van der Waals surface area (Å²) in [4.78, 5) is 14.6. The molecule has 1 aliphatic heterocycles. The largest absolute Gasteiger partial charge is 0.333 e. The molecule has 0 aromatic heterocycles. The number of benzene rings is 1. The Morgan fingerprint density at radius 1 is 1.22 bits per heavy atom. The van der Waals surface area contributed by atoms with E-state index in [0.29, 0.717) is 11.8 Å². The van der Waals surface area contributed by atoms with Crippen LogP contribution in [0.5, 0.6) is 0 Å². The van der Waals surface area contributed by atoms with E-state index >= 15 is 0 Å². The lowest BCUT2D eigenvalue weighted by molar-refractivity contribution is -0.145. The number of nitrogens with zero attached hydrogens (tertiary/aromatic N) is 1. The van der Waals surface area contributed by atoms with Crippen LogP contribution in [0.2, 0.25) is 0 Å². The first-order valence-corrected chi connectivity index (χ1v) is 6.96. The van der Waals surface area contributed by atoms with E-state index < -0.39 is 0 Å². The molecule has 1 aromatic rings. The van der Waals surface area contributed by atoms with Crippen LogP contribution in [-0.2, 0) is 17.8 Å². The molecule has 18 heavy (non-hydrogen) atoms. The Bertz CT molecular complexity index is 474. The molecule has 1 heterocycles. The number of amides is 1. The van der Waals surface area contributed by atoms with Crippen LogP contribution in [0.25, 0.3) is 0 Å². The molecule has 1 aliphatic carbocycles. The molecular weight excluding hydrogens is 222 g/mol. The third kappa shape index (κ3) is 1.84. The summed E-state index contributed by atoms with van der Waals surface area (Å²) in [5.41, 5.74) is 2.69. The first-order valence-electron chi connectivity index (χ1n) is 6.96.